The summed E-state index contributed by atoms with van der Waals surface area (Å²) in [6, 6.07) is 4.23. The first-order valence-corrected chi connectivity index (χ1v) is 8.98. The fraction of sp³-hybridized carbons (Fsp3) is 0.706. The standard InChI is InChI=1S/C17H26N2OS/c1-4-16(2,3)12-19-14(13-8-7-11-21-13)18-17(15(19)20)9-5-6-10-17/h7-8,11,14,18H,4-6,9-10,12H2,1-3H3. The zero-order valence-electron chi connectivity index (χ0n) is 13.3. The monoisotopic (exact) mass is 306 g/mol. The van der Waals surface area contributed by atoms with Crippen LogP contribution in [0.15, 0.2) is 17.5 Å². The highest BCUT2D eigenvalue weighted by Crippen LogP contribution is 2.43. The summed E-state index contributed by atoms with van der Waals surface area (Å²) in [6.07, 6.45) is 5.48. The quantitative estimate of drug-likeness (QED) is 0.914. The maximum atomic E-state index is 13.1. The van der Waals surface area contributed by atoms with Gasteiger partial charge in [-0.1, -0.05) is 39.7 Å². The minimum absolute atomic E-state index is 0.0708. The molecule has 1 aliphatic carbocycles. The fourth-order valence-corrected chi connectivity index (χ4v) is 4.32. The molecule has 1 N–H and O–H groups in total. The molecule has 116 valence electrons. The molecule has 2 heterocycles. The minimum atomic E-state index is -0.279. The molecule has 3 nitrogen and oxygen atoms in total. The average molecular weight is 306 g/mol. The normalized spacial score (nSPS) is 25.2. The van der Waals surface area contributed by atoms with Gasteiger partial charge in [0.25, 0.3) is 0 Å². The summed E-state index contributed by atoms with van der Waals surface area (Å²) in [5.74, 6) is 0.333. The first-order valence-electron chi connectivity index (χ1n) is 8.10. The molecular weight excluding hydrogens is 280 g/mol. The number of nitrogens with zero attached hydrogens (tertiary/aromatic N) is 1. The van der Waals surface area contributed by atoms with Crippen molar-refractivity contribution >= 4 is 17.2 Å². The smallest absolute Gasteiger partial charge is 0.244 e. The molecule has 1 aromatic heterocycles. The van der Waals surface area contributed by atoms with Crippen LogP contribution in [0.5, 0.6) is 0 Å². The van der Waals surface area contributed by atoms with Crippen molar-refractivity contribution in [1.82, 2.24) is 10.2 Å². The molecule has 0 bridgehead atoms. The van der Waals surface area contributed by atoms with Gasteiger partial charge < -0.3 is 4.90 Å². The highest BCUT2D eigenvalue weighted by Gasteiger charge is 2.53. The second-order valence-corrected chi connectivity index (χ2v) is 8.28. The lowest BCUT2D eigenvalue weighted by atomic mass is 9.89. The molecule has 2 fully saturated rings. The zero-order chi connectivity index (χ0) is 15.1. The van der Waals surface area contributed by atoms with Crippen LogP contribution in [0.25, 0.3) is 0 Å². The first kappa shape index (κ1) is 15.0. The molecule has 0 aromatic carbocycles. The van der Waals surface area contributed by atoms with Gasteiger partial charge in [0, 0.05) is 11.4 Å². The van der Waals surface area contributed by atoms with Gasteiger partial charge in [-0.2, -0.15) is 0 Å². The van der Waals surface area contributed by atoms with Gasteiger partial charge in [-0.15, -0.1) is 11.3 Å². The molecule has 1 saturated carbocycles. The van der Waals surface area contributed by atoms with Crippen LogP contribution in [-0.4, -0.2) is 22.9 Å². The third-order valence-corrected chi connectivity index (χ3v) is 6.14. The third kappa shape index (κ3) is 2.64. The van der Waals surface area contributed by atoms with Gasteiger partial charge >= 0.3 is 0 Å². The van der Waals surface area contributed by atoms with Gasteiger partial charge in [-0.3, -0.25) is 10.1 Å². The number of carbonyl (C=O) groups excluding carboxylic acids is 1. The summed E-state index contributed by atoms with van der Waals surface area (Å²) in [5.41, 5.74) is -0.116. The van der Waals surface area contributed by atoms with Crippen LogP contribution in [-0.2, 0) is 4.79 Å². The number of carbonyl (C=O) groups is 1. The van der Waals surface area contributed by atoms with E-state index in [1.165, 1.54) is 17.7 Å². The SMILES string of the molecule is CCC(C)(C)CN1C(=O)C2(CCCC2)NC1c1cccs1. The number of nitrogens with one attached hydrogen (secondary N) is 1. The fourth-order valence-electron chi connectivity index (χ4n) is 3.54. The number of hydrogen-bond acceptors (Lipinski definition) is 3. The van der Waals surface area contributed by atoms with Crippen LogP contribution in [0.4, 0.5) is 0 Å². The lowest BCUT2D eigenvalue weighted by molar-refractivity contribution is -0.134. The Morgan fingerprint density at radius 3 is 2.71 bits per heavy atom. The second kappa shape index (κ2) is 5.40. The summed E-state index contributed by atoms with van der Waals surface area (Å²) in [4.78, 5) is 16.5. The van der Waals surface area contributed by atoms with Gasteiger partial charge in [0.05, 0.1) is 5.54 Å². The van der Waals surface area contributed by atoms with Crippen molar-refractivity contribution in [2.75, 3.05) is 6.54 Å². The Labute approximate surface area is 131 Å². The van der Waals surface area contributed by atoms with E-state index in [1.807, 2.05) is 0 Å². The zero-order valence-corrected chi connectivity index (χ0v) is 14.1. The molecule has 1 saturated heterocycles. The topological polar surface area (TPSA) is 32.3 Å². The summed E-state index contributed by atoms with van der Waals surface area (Å²) < 4.78 is 0. The Bertz CT molecular complexity index is 503. The third-order valence-electron chi connectivity index (χ3n) is 5.22. The average Bonchev–Trinajstić information content (AvgIpc) is 3.17. The van der Waals surface area contributed by atoms with E-state index < -0.39 is 0 Å². The number of thiophene rings is 1. The minimum Gasteiger partial charge on any atom is -0.320 e. The van der Waals surface area contributed by atoms with E-state index in [2.05, 4.69) is 48.5 Å². The molecule has 1 amide bonds. The van der Waals surface area contributed by atoms with Crippen LogP contribution < -0.4 is 5.32 Å². The summed E-state index contributed by atoms with van der Waals surface area (Å²) in [7, 11) is 0. The maximum absolute atomic E-state index is 13.1. The lowest BCUT2D eigenvalue weighted by Crippen LogP contribution is -2.45. The summed E-state index contributed by atoms with van der Waals surface area (Å²) in [5, 5.41) is 5.80. The van der Waals surface area contributed by atoms with E-state index in [-0.39, 0.29) is 17.1 Å². The Hall–Kier alpha value is -0.870. The number of rotatable bonds is 4. The van der Waals surface area contributed by atoms with Crippen LogP contribution in [0.1, 0.15) is 63.9 Å². The molecule has 1 atom stereocenters. The molecule has 4 heteroatoms. The first-order chi connectivity index (χ1) is 9.97. The second-order valence-electron chi connectivity index (χ2n) is 7.30. The molecule has 21 heavy (non-hydrogen) atoms. The summed E-state index contributed by atoms with van der Waals surface area (Å²) >= 11 is 1.75. The van der Waals surface area contributed by atoms with Gasteiger partial charge in [0.2, 0.25) is 5.91 Å². The van der Waals surface area contributed by atoms with E-state index in [1.54, 1.807) is 11.3 Å². The molecule has 1 aliphatic heterocycles. The van der Waals surface area contributed by atoms with E-state index in [9.17, 15) is 4.79 Å². The Kier molecular flexibility index (Phi) is 3.87. The Balaban J connectivity index is 1.91. The molecule has 1 spiro atoms. The van der Waals surface area contributed by atoms with Crippen LogP contribution >= 0.6 is 11.3 Å². The molecule has 1 unspecified atom stereocenters. The molecule has 1 aromatic rings. The van der Waals surface area contributed by atoms with Crippen molar-refractivity contribution in [2.45, 2.75) is 64.6 Å². The molecule has 0 radical (unpaired) electrons. The number of hydrogen-bond donors (Lipinski definition) is 1. The van der Waals surface area contributed by atoms with Gasteiger partial charge in [-0.25, -0.2) is 0 Å². The van der Waals surface area contributed by atoms with Crippen molar-refractivity contribution in [2.24, 2.45) is 5.41 Å². The van der Waals surface area contributed by atoms with E-state index in [0.29, 0.717) is 5.91 Å². The van der Waals surface area contributed by atoms with Gasteiger partial charge in [0.15, 0.2) is 0 Å². The van der Waals surface area contributed by atoms with Crippen molar-refractivity contribution in [3.05, 3.63) is 22.4 Å². The summed E-state index contributed by atoms with van der Waals surface area (Å²) in [6.45, 7) is 7.55. The van der Waals surface area contributed by atoms with Gasteiger partial charge in [-0.05, 0) is 36.1 Å². The Morgan fingerprint density at radius 2 is 2.14 bits per heavy atom. The number of amides is 1. The molecule has 2 aliphatic rings. The molecular formula is C17H26N2OS. The highest BCUT2D eigenvalue weighted by molar-refractivity contribution is 7.10. The van der Waals surface area contributed by atoms with Gasteiger partial charge in [0.1, 0.15) is 6.17 Å². The van der Waals surface area contributed by atoms with E-state index in [0.717, 1.165) is 25.8 Å². The van der Waals surface area contributed by atoms with Crippen LogP contribution in [0.3, 0.4) is 0 Å². The predicted octanol–water partition coefficient (Wildman–Crippen LogP) is 3.93. The van der Waals surface area contributed by atoms with Crippen LogP contribution in [0, 0.1) is 5.41 Å². The largest absolute Gasteiger partial charge is 0.320 e. The van der Waals surface area contributed by atoms with E-state index in [4.69, 9.17) is 0 Å². The van der Waals surface area contributed by atoms with Crippen molar-refractivity contribution in [3.63, 3.8) is 0 Å². The Morgan fingerprint density at radius 1 is 1.43 bits per heavy atom. The van der Waals surface area contributed by atoms with Crippen molar-refractivity contribution < 1.29 is 4.79 Å². The lowest BCUT2D eigenvalue weighted by Gasteiger charge is -2.32. The predicted molar refractivity (Wildman–Crippen MR) is 87.2 cm³/mol. The van der Waals surface area contributed by atoms with Crippen LogP contribution in [0.2, 0.25) is 0 Å². The van der Waals surface area contributed by atoms with Crippen molar-refractivity contribution in [3.8, 4) is 0 Å². The maximum Gasteiger partial charge on any atom is 0.244 e. The van der Waals surface area contributed by atoms with Crippen molar-refractivity contribution in [1.29, 1.82) is 0 Å². The molecule has 3 rings (SSSR count). The van der Waals surface area contributed by atoms with E-state index >= 15 is 0 Å². The highest BCUT2D eigenvalue weighted by atomic mass is 32.1.